The first-order valence-corrected chi connectivity index (χ1v) is 10.7. The summed E-state index contributed by atoms with van der Waals surface area (Å²) >= 11 is 10.3. The summed E-state index contributed by atoms with van der Waals surface area (Å²) in [5.41, 5.74) is 0.210. The van der Waals surface area contributed by atoms with E-state index in [9.17, 15) is 17.6 Å². The second-order valence-corrected chi connectivity index (χ2v) is 10.4. The number of carbonyl (C=O) groups excluding carboxylic acids is 1. The van der Waals surface area contributed by atoms with Gasteiger partial charge in [0.2, 0.25) is 0 Å². The van der Waals surface area contributed by atoms with Crippen molar-refractivity contribution in [3.63, 3.8) is 0 Å². The summed E-state index contributed by atoms with van der Waals surface area (Å²) in [6.07, 6.45) is 0. The number of thiophene rings is 1. The molecule has 0 N–H and O–H groups in total. The van der Waals surface area contributed by atoms with E-state index in [-0.39, 0.29) is 46.9 Å². The minimum Gasteiger partial charge on any atom is -0.336 e. The molecule has 1 aliphatic heterocycles. The SMILES string of the molecule is O=C(c1ccc(F)cc1Cl)N1CCN(S(=O)(=O)c2ccc(Br)s2)CC1. The Morgan fingerprint density at radius 3 is 2.40 bits per heavy atom. The highest BCUT2D eigenvalue weighted by Gasteiger charge is 2.31. The number of piperazine rings is 1. The largest absolute Gasteiger partial charge is 0.336 e. The lowest BCUT2D eigenvalue weighted by Crippen LogP contribution is -2.50. The lowest BCUT2D eigenvalue weighted by atomic mass is 10.2. The standard InChI is InChI=1S/C15H13BrClFN2O3S2/c16-13-3-4-14(24-13)25(22,23)20-7-5-19(6-8-20)15(21)11-2-1-10(18)9-12(11)17/h1-4,9H,5-8H2. The van der Waals surface area contributed by atoms with Gasteiger partial charge in [0.25, 0.3) is 15.9 Å². The molecule has 2 heterocycles. The van der Waals surface area contributed by atoms with Gasteiger partial charge in [-0.1, -0.05) is 11.6 Å². The van der Waals surface area contributed by atoms with Gasteiger partial charge in [-0.2, -0.15) is 4.31 Å². The van der Waals surface area contributed by atoms with Gasteiger partial charge in [0.1, 0.15) is 10.0 Å². The van der Waals surface area contributed by atoms with Crippen molar-refractivity contribution >= 4 is 54.8 Å². The van der Waals surface area contributed by atoms with Gasteiger partial charge in [0, 0.05) is 26.2 Å². The molecule has 1 aromatic heterocycles. The van der Waals surface area contributed by atoms with Crippen LogP contribution in [0, 0.1) is 5.82 Å². The van der Waals surface area contributed by atoms with Crippen molar-refractivity contribution in [1.82, 2.24) is 9.21 Å². The lowest BCUT2D eigenvalue weighted by molar-refractivity contribution is 0.0698. The van der Waals surface area contributed by atoms with Crippen LogP contribution in [-0.2, 0) is 10.0 Å². The molecule has 3 rings (SSSR count). The summed E-state index contributed by atoms with van der Waals surface area (Å²) in [6.45, 7) is 0.890. The summed E-state index contributed by atoms with van der Waals surface area (Å²) in [6, 6.07) is 6.85. The summed E-state index contributed by atoms with van der Waals surface area (Å²) in [5.74, 6) is -0.847. The maximum Gasteiger partial charge on any atom is 0.255 e. The van der Waals surface area contributed by atoms with Crippen LogP contribution < -0.4 is 0 Å². The highest BCUT2D eigenvalue weighted by molar-refractivity contribution is 9.11. The Bertz CT molecular complexity index is 911. The molecule has 5 nitrogen and oxygen atoms in total. The van der Waals surface area contributed by atoms with Gasteiger partial charge in [-0.3, -0.25) is 4.79 Å². The summed E-state index contributed by atoms with van der Waals surface area (Å²) in [7, 11) is -3.56. The Hall–Kier alpha value is -1.000. The molecule has 0 radical (unpaired) electrons. The van der Waals surface area contributed by atoms with Crippen molar-refractivity contribution in [1.29, 1.82) is 0 Å². The maximum atomic E-state index is 13.1. The Balaban J connectivity index is 1.70. The van der Waals surface area contributed by atoms with Crippen LogP contribution in [0.25, 0.3) is 0 Å². The molecule has 1 aromatic carbocycles. The summed E-state index contributed by atoms with van der Waals surface area (Å²) in [5, 5.41) is 0.0449. The van der Waals surface area contributed by atoms with Gasteiger partial charge in [-0.15, -0.1) is 11.3 Å². The Morgan fingerprint density at radius 2 is 1.84 bits per heavy atom. The number of rotatable bonds is 3. The Labute approximate surface area is 162 Å². The molecule has 0 bridgehead atoms. The highest BCUT2D eigenvalue weighted by Crippen LogP contribution is 2.29. The van der Waals surface area contributed by atoms with Crippen LogP contribution in [-0.4, -0.2) is 49.7 Å². The van der Waals surface area contributed by atoms with E-state index in [4.69, 9.17) is 11.6 Å². The molecule has 134 valence electrons. The van der Waals surface area contributed by atoms with Crippen molar-refractivity contribution < 1.29 is 17.6 Å². The third-order valence-corrected chi connectivity index (χ3v) is 8.13. The van der Waals surface area contributed by atoms with Crippen LogP contribution in [0.15, 0.2) is 38.3 Å². The molecule has 0 saturated carbocycles. The van der Waals surface area contributed by atoms with Gasteiger partial charge in [0.05, 0.1) is 14.4 Å². The predicted molar refractivity (Wildman–Crippen MR) is 98.1 cm³/mol. The van der Waals surface area contributed by atoms with Crippen LogP contribution in [0.3, 0.4) is 0 Å². The molecule has 1 saturated heterocycles. The number of carbonyl (C=O) groups is 1. The van der Waals surface area contributed by atoms with Crippen molar-refractivity contribution in [2.45, 2.75) is 4.21 Å². The number of nitrogens with zero attached hydrogens (tertiary/aromatic N) is 2. The molecule has 0 aliphatic carbocycles. The van der Waals surface area contributed by atoms with Crippen LogP contribution in [0.5, 0.6) is 0 Å². The normalized spacial score (nSPS) is 16.2. The first-order valence-electron chi connectivity index (χ1n) is 7.29. The van der Waals surface area contributed by atoms with Gasteiger partial charge in [-0.05, 0) is 46.3 Å². The van der Waals surface area contributed by atoms with Gasteiger partial charge < -0.3 is 4.90 Å². The maximum absolute atomic E-state index is 13.1. The predicted octanol–water partition coefficient (Wildman–Crippen LogP) is 3.45. The van der Waals surface area contributed by atoms with Crippen molar-refractivity contribution in [3.8, 4) is 0 Å². The van der Waals surface area contributed by atoms with Crippen LogP contribution in [0.2, 0.25) is 5.02 Å². The van der Waals surface area contributed by atoms with Gasteiger partial charge in [0.15, 0.2) is 0 Å². The average Bonchev–Trinajstić information content (AvgIpc) is 3.02. The van der Waals surface area contributed by atoms with Crippen LogP contribution >= 0.6 is 38.9 Å². The third kappa shape index (κ3) is 3.90. The van der Waals surface area contributed by atoms with Crippen LogP contribution in [0.1, 0.15) is 10.4 Å². The zero-order valence-corrected chi connectivity index (χ0v) is 16.8. The molecule has 0 spiro atoms. The molecular formula is C15H13BrClFN2O3S2. The topological polar surface area (TPSA) is 57.7 Å². The van der Waals surface area contributed by atoms with E-state index in [1.165, 1.54) is 21.3 Å². The zero-order valence-electron chi connectivity index (χ0n) is 12.8. The molecule has 1 aliphatic rings. The van der Waals surface area contributed by atoms with Crippen molar-refractivity contribution in [2.75, 3.05) is 26.2 Å². The lowest BCUT2D eigenvalue weighted by Gasteiger charge is -2.33. The smallest absolute Gasteiger partial charge is 0.255 e. The van der Waals surface area contributed by atoms with E-state index >= 15 is 0 Å². The fourth-order valence-corrected chi connectivity index (χ4v) is 6.36. The van der Waals surface area contributed by atoms with E-state index in [1.54, 1.807) is 12.1 Å². The van der Waals surface area contributed by atoms with Gasteiger partial charge in [-0.25, -0.2) is 12.8 Å². The Kier molecular flexibility index (Phi) is 5.50. The minimum atomic E-state index is -3.56. The number of hydrogen-bond acceptors (Lipinski definition) is 4. The van der Waals surface area contributed by atoms with Crippen molar-refractivity contribution in [3.05, 3.63) is 50.5 Å². The van der Waals surface area contributed by atoms with Crippen LogP contribution in [0.4, 0.5) is 4.39 Å². The molecule has 2 aromatic rings. The van der Waals surface area contributed by atoms with E-state index < -0.39 is 15.8 Å². The molecule has 0 unspecified atom stereocenters. The molecule has 10 heteroatoms. The number of amides is 1. The zero-order chi connectivity index (χ0) is 18.2. The van der Waals surface area contributed by atoms with E-state index in [0.717, 1.165) is 21.2 Å². The molecule has 1 fully saturated rings. The first kappa shape index (κ1) is 18.8. The second-order valence-electron chi connectivity index (χ2n) is 5.38. The highest BCUT2D eigenvalue weighted by atomic mass is 79.9. The summed E-state index contributed by atoms with van der Waals surface area (Å²) < 4.78 is 40.7. The number of halogens is 3. The van der Waals surface area contributed by atoms with E-state index in [0.29, 0.717) is 0 Å². The quantitative estimate of drug-likeness (QED) is 0.695. The average molecular weight is 468 g/mol. The number of hydrogen-bond donors (Lipinski definition) is 0. The van der Waals surface area contributed by atoms with E-state index in [1.807, 2.05) is 0 Å². The van der Waals surface area contributed by atoms with Crippen molar-refractivity contribution in [2.24, 2.45) is 0 Å². The summed E-state index contributed by atoms with van der Waals surface area (Å²) in [4.78, 5) is 14.0. The fraction of sp³-hybridized carbons (Fsp3) is 0.267. The third-order valence-electron chi connectivity index (χ3n) is 3.83. The second kappa shape index (κ2) is 7.32. The minimum absolute atomic E-state index is 0.0449. The number of sulfonamides is 1. The van der Waals surface area contributed by atoms with Gasteiger partial charge >= 0.3 is 0 Å². The molecule has 0 atom stereocenters. The molecular weight excluding hydrogens is 455 g/mol. The fourth-order valence-electron chi connectivity index (χ4n) is 2.53. The first-order chi connectivity index (χ1) is 11.8. The molecule has 25 heavy (non-hydrogen) atoms. The van der Waals surface area contributed by atoms with E-state index in [2.05, 4.69) is 15.9 Å². The monoisotopic (exact) mass is 466 g/mol. The Morgan fingerprint density at radius 1 is 1.16 bits per heavy atom. The molecule has 1 amide bonds. The number of benzene rings is 1.